The van der Waals surface area contributed by atoms with Crippen molar-refractivity contribution >= 4 is 17.7 Å². The minimum atomic E-state index is -0.972. The fraction of sp³-hybridized carbons (Fsp3) is 0.893. The molecule has 0 aliphatic heterocycles. The van der Waals surface area contributed by atoms with E-state index in [1.165, 1.54) is 26.2 Å². The highest BCUT2D eigenvalue weighted by molar-refractivity contribution is 5.87. The lowest BCUT2D eigenvalue weighted by Crippen LogP contribution is -2.56. The smallest absolute Gasteiger partial charge is 0.302 e. The first-order valence-electron chi connectivity index (χ1n) is 13.3. The number of ether oxygens (including phenoxy) is 1. The van der Waals surface area contributed by atoms with Crippen LogP contribution < -0.4 is 5.11 Å². The number of carbonyl (C=O) groups is 3. The van der Waals surface area contributed by atoms with E-state index in [-0.39, 0.29) is 41.5 Å². The number of aliphatic carboxylic acids is 1. The number of rotatable bonds is 8. The molecule has 33 heavy (non-hydrogen) atoms. The Bertz CT molecular complexity index is 745. The number of esters is 1. The molecule has 188 valence electrons. The highest BCUT2D eigenvalue weighted by atomic mass is 16.5. The summed E-state index contributed by atoms with van der Waals surface area (Å²) >= 11 is 0. The van der Waals surface area contributed by atoms with Crippen molar-refractivity contribution in [2.75, 3.05) is 0 Å². The molecule has 0 heterocycles. The molecule has 5 nitrogen and oxygen atoms in total. The molecule has 0 aromatic heterocycles. The predicted octanol–water partition coefficient (Wildman–Crippen LogP) is 4.95. The van der Waals surface area contributed by atoms with Crippen molar-refractivity contribution in [3.05, 3.63) is 0 Å². The Morgan fingerprint density at radius 2 is 1.73 bits per heavy atom. The molecule has 0 saturated heterocycles. The molecule has 0 amide bonds. The average molecular weight is 462 g/mol. The van der Waals surface area contributed by atoms with Crippen LogP contribution in [-0.2, 0) is 19.1 Å². The predicted molar refractivity (Wildman–Crippen MR) is 126 cm³/mol. The van der Waals surface area contributed by atoms with E-state index in [0.717, 1.165) is 31.6 Å². The van der Waals surface area contributed by atoms with Crippen LogP contribution in [0.25, 0.3) is 0 Å². The molecule has 0 unspecified atom stereocenters. The molecule has 0 bridgehead atoms. The molecule has 3 saturated carbocycles. The highest BCUT2D eigenvalue weighted by Crippen LogP contribution is 2.64. The topological polar surface area (TPSA) is 83.5 Å². The largest absolute Gasteiger partial charge is 0.550 e. The maximum absolute atomic E-state index is 13.3. The quantitative estimate of drug-likeness (QED) is 0.478. The van der Waals surface area contributed by atoms with Gasteiger partial charge >= 0.3 is 5.97 Å². The highest BCUT2D eigenvalue weighted by Gasteiger charge is 2.59. The minimum Gasteiger partial charge on any atom is -0.550 e. The summed E-state index contributed by atoms with van der Waals surface area (Å²) in [5, 5.41) is 12.6. The Kier molecular flexibility index (Phi) is 8.01. The third-order valence-corrected chi connectivity index (χ3v) is 9.93. The van der Waals surface area contributed by atoms with Gasteiger partial charge in [-0.05, 0) is 73.5 Å². The van der Waals surface area contributed by atoms with Gasteiger partial charge in [0.2, 0.25) is 0 Å². The van der Waals surface area contributed by atoms with Gasteiger partial charge in [-0.3, -0.25) is 9.59 Å². The third-order valence-electron chi connectivity index (χ3n) is 9.93. The van der Waals surface area contributed by atoms with Crippen LogP contribution in [0.3, 0.4) is 0 Å². The summed E-state index contributed by atoms with van der Waals surface area (Å²) in [4.78, 5) is 37.2. The maximum atomic E-state index is 13.3. The Balaban J connectivity index is 1.77. The molecular formula is C28H45O5-. The van der Waals surface area contributed by atoms with Gasteiger partial charge in [0, 0.05) is 30.6 Å². The normalized spacial score (nSPS) is 39.8. The first-order valence-corrected chi connectivity index (χ1v) is 13.3. The van der Waals surface area contributed by atoms with E-state index in [2.05, 4.69) is 27.7 Å². The summed E-state index contributed by atoms with van der Waals surface area (Å²) < 4.78 is 5.30. The number of carboxylic acids is 1. The number of carbonyl (C=O) groups excluding carboxylic acids is 3. The molecule has 3 fully saturated rings. The SMILES string of the molecule is CC(=O)O[C@H]1CC[C@](C)([C@H]2CC[C@]3(C)[C@@H]([C@H](C)CCCC(C)C)CC[C@H]3[C@H]2C(=O)[O-])C(=O)C1. The van der Waals surface area contributed by atoms with Crippen molar-refractivity contribution in [2.24, 2.45) is 46.3 Å². The molecule has 3 aliphatic carbocycles. The minimum absolute atomic E-state index is 0.00678. The van der Waals surface area contributed by atoms with Gasteiger partial charge in [0.1, 0.15) is 11.9 Å². The van der Waals surface area contributed by atoms with Gasteiger partial charge in [-0.1, -0.05) is 53.9 Å². The van der Waals surface area contributed by atoms with E-state index in [4.69, 9.17) is 4.74 Å². The lowest BCUT2D eigenvalue weighted by atomic mass is 9.50. The van der Waals surface area contributed by atoms with Gasteiger partial charge in [0.15, 0.2) is 0 Å². The van der Waals surface area contributed by atoms with Crippen LogP contribution >= 0.6 is 0 Å². The van der Waals surface area contributed by atoms with Crippen LogP contribution in [0.15, 0.2) is 0 Å². The van der Waals surface area contributed by atoms with Gasteiger partial charge in [0.25, 0.3) is 0 Å². The molecule has 8 atom stereocenters. The zero-order valence-electron chi connectivity index (χ0n) is 21.7. The second kappa shape index (κ2) is 10.1. The van der Waals surface area contributed by atoms with E-state index in [1.54, 1.807) is 0 Å². The second-order valence-corrected chi connectivity index (χ2v) is 12.4. The maximum Gasteiger partial charge on any atom is 0.302 e. The van der Waals surface area contributed by atoms with Gasteiger partial charge in [-0.2, -0.15) is 0 Å². The molecule has 0 aromatic rings. The van der Waals surface area contributed by atoms with Gasteiger partial charge in [-0.25, -0.2) is 0 Å². The average Bonchev–Trinajstić information content (AvgIpc) is 3.06. The van der Waals surface area contributed by atoms with E-state index in [9.17, 15) is 19.5 Å². The monoisotopic (exact) mass is 461 g/mol. The van der Waals surface area contributed by atoms with Crippen LogP contribution in [0.5, 0.6) is 0 Å². The molecule has 3 rings (SSSR count). The second-order valence-electron chi connectivity index (χ2n) is 12.4. The molecular weight excluding hydrogens is 416 g/mol. The van der Waals surface area contributed by atoms with E-state index in [1.807, 2.05) is 6.92 Å². The Morgan fingerprint density at radius 3 is 2.30 bits per heavy atom. The van der Waals surface area contributed by atoms with Gasteiger partial charge < -0.3 is 14.6 Å². The molecule has 0 spiro atoms. The summed E-state index contributed by atoms with van der Waals surface area (Å²) in [6.45, 7) is 12.5. The first-order chi connectivity index (χ1) is 15.4. The van der Waals surface area contributed by atoms with Crippen LogP contribution in [0.4, 0.5) is 0 Å². The van der Waals surface area contributed by atoms with Crippen LogP contribution in [0.1, 0.15) is 106 Å². The molecule has 5 heteroatoms. The zero-order valence-corrected chi connectivity index (χ0v) is 21.7. The van der Waals surface area contributed by atoms with Gasteiger partial charge in [-0.15, -0.1) is 0 Å². The van der Waals surface area contributed by atoms with Gasteiger partial charge in [0.05, 0.1) is 0 Å². The van der Waals surface area contributed by atoms with Crippen molar-refractivity contribution < 1.29 is 24.2 Å². The first kappa shape index (κ1) is 26.2. The number of ketones is 1. The summed E-state index contributed by atoms with van der Waals surface area (Å²) in [5.74, 6) is -0.119. The Hall–Kier alpha value is -1.39. The molecule has 0 radical (unpaired) electrons. The number of Topliss-reactive ketones (excluding diaryl/α,β-unsaturated/α-hetero) is 1. The summed E-state index contributed by atoms with van der Waals surface area (Å²) in [6.07, 6.45) is 8.47. The van der Waals surface area contributed by atoms with E-state index in [0.29, 0.717) is 24.7 Å². The van der Waals surface area contributed by atoms with E-state index < -0.39 is 17.3 Å². The fourth-order valence-corrected chi connectivity index (χ4v) is 8.08. The van der Waals surface area contributed by atoms with Crippen molar-refractivity contribution in [3.63, 3.8) is 0 Å². The van der Waals surface area contributed by atoms with Crippen molar-refractivity contribution in [1.29, 1.82) is 0 Å². The lowest BCUT2D eigenvalue weighted by molar-refractivity contribution is -0.319. The summed E-state index contributed by atoms with van der Waals surface area (Å²) in [6, 6.07) is 0. The van der Waals surface area contributed by atoms with Crippen LogP contribution in [0, 0.1) is 46.3 Å². The standard InChI is InChI=1S/C28H46O5/c1-17(2)8-7-9-18(3)21-10-11-22-25(26(31)32)23(13-15-27(21,22)5)28(6)14-12-20(16-24(28)30)33-19(4)29/h17-18,20-23,25H,7-16H2,1-6H3,(H,31,32)/p-1/t18-,20+,21-,22+,23+,25-,27-,28-/m1/s1. The Labute approximate surface area is 200 Å². The lowest BCUT2D eigenvalue weighted by Gasteiger charge is -2.55. The molecule has 0 N–H and O–H groups in total. The van der Waals surface area contributed by atoms with Crippen molar-refractivity contribution in [3.8, 4) is 0 Å². The van der Waals surface area contributed by atoms with Crippen LogP contribution in [0.2, 0.25) is 0 Å². The number of carboxylic acid groups (broad SMARTS) is 1. The molecule has 0 aromatic carbocycles. The number of hydrogen-bond donors (Lipinski definition) is 0. The third kappa shape index (κ3) is 5.17. The fourth-order valence-electron chi connectivity index (χ4n) is 8.08. The van der Waals surface area contributed by atoms with Crippen LogP contribution in [-0.4, -0.2) is 23.8 Å². The summed E-state index contributed by atoms with van der Waals surface area (Å²) in [5.41, 5.74) is -0.670. The Morgan fingerprint density at radius 1 is 1.03 bits per heavy atom. The summed E-state index contributed by atoms with van der Waals surface area (Å²) in [7, 11) is 0. The van der Waals surface area contributed by atoms with Crippen molar-refractivity contribution in [1.82, 2.24) is 0 Å². The van der Waals surface area contributed by atoms with Crippen molar-refractivity contribution in [2.45, 2.75) is 112 Å². The number of hydrogen-bond acceptors (Lipinski definition) is 5. The van der Waals surface area contributed by atoms with E-state index >= 15 is 0 Å². The number of fused-ring (bicyclic) bond motifs is 1. The zero-order chi connectivity index (χ0) is 24.6. The molecule has 3 aliphatic rings.